The standard InChI is InChI=1S/C11H19N3O/c1-5-12-10(15)14-8-9(7-13-14)6-11(2,3)4/h7-8H,5-6H2,1-4H3,(H,12,15). The largest absolute Gasteiger partial charge is 0.342 e. The summed E-state index contributed by atoms with van der Waals surface area (Å²) in [6.07, 6.45) is 4.46. The lowest BCUT2D eigenvalue weighted by molar-refractivity contribution is 0.240. The summed E-state index contributed by atoms with van der Waals surface area (Å²) in [7, 11) is 0. The molecule has 0 aromatic carbocycles. The van der Waals surface area contributed by atoms with E-state index in [1.54, 1.807) is 12.4 Å². The van der Waals surface area contributed by atoms with Crippen LogP contribution in [0.15, 0.2) is 12.4 Å². The number of hydrogen-bond acceptors (Lipinski definition) is 2. The topological polar surface area (TPSA) is 46.9 Å². The van der Waals surface area contributed by atoms with E-state index < -0.39 is 0 Å². The van der Waals surface area contributed by atoms with Crippen LogP contribution in [-0.2, 0) is 6.42 Å². The molecule has 1 rings (SSSR count). The van der Waals surface area contributed by atoms with Crippen molar-refractivity contribution in [3.05, 3.63) is 18.0 Å². The molecule has 0 fully saturated rings. The third-order valence-corrected chi connectivity index (χ3v) is 1.91. The Morgan fingerprint density at radius 1 is 1.53 bits per heavy atom. The van der Waals surface area contributed by atoms with Crippen molar-refractivity contribution < 1.29 is 4.79 Å². The van der Waals surface area contributed by atoms with Gasteiger partial charge in [-0.1, -0.05) is 20.8 Å². The van der Waals surface area contributed by atoms with Crippen molar-refractivity contribution in [3.63, 3.8) is 0 Å². The predicted molar refractivity (Wildman–Crippen MR) is 59.9 cm³/mol. The summed E-state index contributed by atoms with van der Waals surface area (Å²) in [5, 5.41) is 6.72. The van der Waals surface area contributed by atoms with Crippen LogP contribution in [0.5, 0.6) is 0 Å². The Hall–Kier alpha value is -1.32. The smallest absolute Gasteiger partial charge is 0.336 e. The molecule has 1 N–H and O–H groups in total. The Labute approximate surface area is 90.7 Å². The van der Waals surface area contributed by atoms with Crippen LogP contribution in [0.2, 0.25) is 0 Å². The second-order valence-corrected chi connectivity index (χ2v) is 4.87. The lowest BCUT2D eigenvalue weighted by Crippen LogP contribution is -2.28. The van der Waals surface area contributed by atoms with Gasteiger partial charge in [0.15, 0.2) is 0 Å². The number of hydrogen-bond donors (Lipinski definition) is 1. The molecule has 0 bridgehead atoms. The van der Waals surface area contributed by atoms with Crippen LogP contribution in [0.4, 0.5) is 4.79 Å². The SMILES string of the molecule is CCNC(=O)n1cc(CC(C)(C)C)cn1. The second kappa shape index (κ2) is 4.47. The van der Waals surface area contributed by atoms with Crippen molar-refractivity contribution in [1.82, 2.24) is 15.1 Å². The first-order valence-corrected chi connectivity index (χ1v) is 5.24. The molecule has 0 spiro atoms. The van der Waals surface area contributed by atoms with E-state index >= 15 is 0 Å². The second-order valence-electron chi connectivity index (χ2n) is 4.87. The first kappa shape index (κ1) is 11.8. The van der Waals surface area contributed by atoms with Gasteiger partial charge >= 0.3 is 6.03 Å². The fraction of sp³-hybridized carbons (Fsp3) is 0.636. The molecular weight excluding hydrogens is 190 g/mol. The van der Waals surface area contributed by atoms with Gasteiger partial charge in [0.25, 0.3) is 0 Å². The fourth-order valence-corrected chi connectivity index (χ4v) is 1.41. The summed E-state index contributed by atoms with van der Waals surface area (Å²) in [5.74, 6) is 0. The van der Waals surface area contributed by atoms with E-state index in [9.17, 15) is 4.79 Å². The summed E-state index contributed by atoms with van der Waals surface area (Å²) in [4.78, 5) is 11.4. The zero-order valence-electron chi connectivity index (χ0n) is 9.87. The zero-order chi connectivity index (χ0) is 11.5. The van der Waals surface area contributed by atoms with E-state index in [-0.39, 0.29) is 11.4 Å². The quantitative estimate of drug-likeness (QED) is 0.810. The number of carbonyl (C=O) groups is 1. The van der Waals surface area contributed by atoms with Crippen LogP contribution < -0.4 is 5.32 Å². The minimum absolute atomic E-state index is 0.169. The highest BCUT2D eigenvalue weighted by Gasteiger charge is 2.13. The number of aromatic nitrogens is 2. The number of carbonyl (C=O) groups excluding carboxylic acids is 1. The number of rotatable bonds is 2. The Morgan fingerprint density at radius 3 is 2.73 bits per heavy atom. The molecule has 84 valence electrons. The van der Waals surface area contributed by atoms with Crippen LogP contribution in [-0.4, -0.2) is 22.4 Å². The predicted octanol–water partition coefficient (Wildman–Crippen LogP) is 2.05. The summed E-state index contributed by atoms with van der Waals surface area (Å²) in [6.45, 7) is 8.99. The Morgan fingerprint density at radius 2 is 2.20 bits per heavy atom. The van der Waals surface area contributed by atoms with Crippen LogP contribution in [0.25, 0.3) is 0 Å². The lowest BCUT2D eigenvalue weighted by Gasteiger charge is -2.16. The molecular formula is C11H19N3O. The van der Waals surface area contributed by atoms with E-state index in [0.29, 0.717) is 6.54 Å². The Kier molecular flexibility index (Phi) is 3.50. The molecule has 0 atom stereocenters. The molecule has 0 saturated carbocycles. The number of nitrogens with one attached hydrogen (secondary N) is 1. The first-order chi connectivity index (χ1) is 6.92. The van der Waals surface area contributed by atoms with Crippen molar-refractivity contribution in [2.24, 2.45) is 5.41 Å². The van der Waals surface area contributed by atoms with Gasteiger partial charge in [-0.3, -0.25) is 0 Å². The first-order valence-electron chi connectivity index (χ1n) is 5.24. The summed E-state index contributed by atoms with van der Waals surface area (Å²) in [5.41, 5.74) is 1.31. The van der Waals surface area contributed by atoms with Gasteiger partial charge in [0.1, 0.15) is 0 Å². The molecule has 1 heterocycles. The molecule has 0 aliphatic rings. The van der Waals surface area contributed by atoms with E-state index in [1.165, 1.54) is 4.68 Å². The maximum Gasteiger partial charge on any atom is 0.342 e. The normalized spacial score (nSPS) is 11.5. The maximum atomic E-state index is 11.4. The minimum Gasteiger partial charge on any atom is -0.336 e. The maximum absolute atomic E-state index is 11.4. The van der Waals surface area contributed by atoms with E-state index in [1.807, 2.05) is 6.92 Å². The van der Waals surface area contributed by atoms with Gasteiger partial charge in [0.05, 0.1) is 6.20 Å². The average molecular weight is 209 g/mol. The van der Waals surface area contributed by atoms with Gasteiger partial charge in [0, 0.05) is 12.7 Å². The molecule has 0 unspecified atom stereocenters. The highest BCUT2D eigenvalue weighted by Crippen LogP contribution is 2.19. The van der Waals surface area contributed by atoms with Gasteiger partial charge in [0.2, 0.25) is 0 Å². The molecule has 1 aromatic rings. The summed E-state index contributed by atoms with van der Waals surface area (Å²) in [6, 6.07) is -0.169. The number of nitrogens with zero attached hydrogens (tertiary/aromatic N) is 2. The van der Waals surface area contributed by atoms with Crippen molar-refractivity contribution in [2.45, 2.75) is 34.1 Å². The van der Waals surface area contributed by atoms with Gasteiger partial charge < -0.3 is 5.32 Å². The Balaban J connectivity index is 2.68. The molecule has 0 aliphatic carbocycles. The van der Waals surface area contributed by atoms with E-state index in [4.69, 9.17) is 0 Å². The molecule has 15 heavy (non-hydrogen) atoms. The van der Waals surface area contributed by atoms with Crippen LogP contribution in [0.3, 0.4) is 0 Å². The van der Waals surface area contributed by atoms with E-state index in [0.717, 1.165) is 12.0 Å². The van der Waals surface area contributed by atoms with Crippen molar-refractivity contribution in [3.8, 4) is 0 Å². The van der Waals surface area contributed by atoms with Crippen molar-refractivity contribution >= 4 is 6.03 Å². The van der Waals surface area contributed by atoms with Gasteiger partial charge in [-0.15, -0.1) is 0 Å². The van der Waals surface area contributed by atoms with Gasteiger partial charge in [-0.25, -0.2) is 4.79 Å². The highest BCUT2D eigenvalue weighted by atomic mass is 16.2. The molecule has 1 amide bonds. The van der Waals surface area contributed by atoms with Crippen LogP contribution in [0.1, 0.15) is 33.3 Å². The van der Waals surface area contributed by atoms with Crippen molar-refractivity contribution in [1.29, 1.82) is 0 Å². The van der Waals surface area contributed by atoms with Gasteiger partial charge in [-0.2, -0.15) is 9.78 Å². The van der Waals surface area contributed by atoms with Crippen molar-refractivity contribution in [2.75, 3.05) is 6.54 Å². The molecule has 1 aromatic heterocycles. The van der Waals surface area contributed by atoms with Gasteiger partial charge in [-0.05, 0) is 24.3 Å². The molecule has 0 saturated heterocycles. The van der Waals surface area contributed by atoms with Crippen LogP contribution in [0, 0.1) is 5.41 Å². The Bertz CT molecular complexity index is 336. The van der Waals surface area contributed by atoms with E-state index in [2.05, 4.69) is 31.2 Å². The minimum atomic E-state index is -0.169. The third-order valence-electron chi connectivity index (χ3n) is 1.91. The molecule has 0 aliphatic heterocycles. The lowest BCUT2D eigenvalue weighted by atomic mass is 9.89. The number of amides is 1. The highest BCUT2D eigenvalue weighted by molar-refractivity contribution is 5.75. The van der Waals surface area contributed by atoms with Crippen LogP contribution >= 0.6 is 0 Å². The third kappa shape index (κ3) is 3.73. The zero-order valence-corrected chi connectivity index (χ0v) is 9.87. The molecule has 4 nitrogen and oxygen atoms in total. The molecule has 0 radical (unpaired) electrons. The monoisotopic (exact) mass is 209 g/mol. The summed E-state index contributed by atoms with van der Waals surface area (Å²) < 4.78 is 1.35. The summed E-state index contributed by atoms with van der Waals surface area (Å²) >= 11 is 0. The fourth-order valence-electron chi connectivity index (χ4n) is 1.41. The average Bonchev–Trinajstić information content (AvgIpc) is 2.50. The molecule has 4 heteroatoms.